The summed E-state index contributed by atoms with van der Waals surface area (Å²) in [6.45, 7) is 5.71. The number of fused-ring (bicyclic) bond motifs is 1. The van der Waals surface area contributed by atoms with E-state index in [9.17, 15) is 27.7 Å². The summed E-state index contributed by atoms with van der Waals surface area (Å²) in [5.41, 5.74) is -5.06. The number of carbonyl (C=O) groups excluding carboxylic acids is 3. The first-order valence-corrected chi connectivity index (χ1v) is 18.2. The van der Waals surface area contributed by atoms with E-state index in [-0.39, 0.29) is 16.2 Å². The number of halogens is 2. The molecule has 4 aromatic rings. The number of nitrogens with one attached hydrogen (secondary N) is 2. The summed E-state index contributed by atoms with van der Waals surface area (Å²) < 4.78 is 40.5. The zero-order chi connectivity index (χ0) is 34.1. The summed E-state index contributed by atoms with van der Waals surface area (Å²) in [7, 11) is -5.77. The average molecular weight is 705 g/mol. The number of hydrogen-bond donors (Lipinski definition) is 4. The molecule has 5 rings (SSSR count). The normalized spacial score (nSPS) is 16.8. The highest BCUT2D eigenvalue weighted by Crippen LogP contribution is 2.59. The van der Waals surface area contributed by atoms with Crippen molar-refractivity contribution in [3.63, 3.8) is 0 Å². The van der Waals surface area contributed by atoms with Crippen LogP contribution in [0.3, 0.4) is 0 Å². The Kier molecular flexibility index (Phi) is 10.0. The summed E-state index contributed by atoms with van der Waals surface area (Å²) >= 11 is 2.33. The van der Waals surface area contributed by atoms with Gasteiger partial charge in [-0.25, -0.2) is 4.98 Å². The lowest BCUT2D eigenvalue weighted by atomic mass is 9.85. The first kappa shape index (κ1) is 34.8. The predicted octanol–water partition coefficient (Wildman–Crippen LogP) is 6.81. The third-order valence-electron chi connectivity index (χ3n) is 7.97. The van der Waals surface area contributed by atoms with Crippen molar-refractivity contribution < 1.29 is 37.5 Å². The standard InChI is InChI=1S/C32H35F2N4O6PS2/c1-31(2,3)26(36-28(40)24-17-20-16-21(13-14-23(20)46-24)32(33,34)45(42,43)44)29(41)38-15-9-5-8-12-22(38)27(39)37-30-35-18-25(47-30)19-10-6-4-7-11-19/h4,6-7,10-11,13-14,16-18,22,26H,5,8-9,12,15H2,1-3H3,(H,36,40)(H,35,37,39)(H2,42,43,44)/t22-,26?/m0/s1. The van der Waals surface area contributed by atoms with E-state index < -0.39 is 48.1 Å². The fraction of sp³-hybridized carbons (Fsp3) is 0.375. The van der Waals surface area contributed by atoms with Crippen LogP contribution in [0.1, 0.15) is 61.7 Å². The van der Waals surface area contributed by atoms with Crippen molar-refractivity contribution in [1.29, 1.82) is 0 Å². The summed E-state index contributed by atoms with van der Waals surface area (Å²) in [5, 5.41) is 6.32. The Hall–Kier alpha value is -3.55. The number of amides is 3. The zero-order valence-corrected chi connectivity index (χ0v) is 28.4. The van der Waals surface area contributed by atoms with E-state index in [1.54, 1.807) is 27.0 Å². The van der Waals surface area contributed by atoms with Crippen molar-refractivity contribution >= 4 is 63.2 Å². The van der Waals surface area contributed by atoms with Crippen LogP contribution in [-0.2, 0) is 19.8 Å². The van der Waals surface area contributed by atoms with E-state index in [1.165, 1.54) is 28.4 Å². The molecule has 0 aliphatic carbocycles. The molecule has 0 saturated carbocycles. The lowest BCUT2D eigenvalue weighted by molar-refractivity contribution is -0.142. The lowest BCUT2D eigenvalue weighted by Gasteiger charge is -2.37. The number of benzene rings is 2. The van der Waals surface area contributed by atoms with Crippen LogP contribution in [0, 0.1) is 5.41 Å². The molecule has 15 heteroatoms. The minimum absolute atomic E-state index is 0.127. The fourth-order valence-electron chi connectivity index (χ4n) is 5.43. The van der Waals surface area contributed by atoms with Crippen molar-refractivity contribution in [2.45, 2.75) is 64.2 Å². The second-order valence-corrected chi connectivity index (χ2v) is 16.3. The molecule has 10 nitrogen and oxygen atoms in total. The van der Waals surface area contributed by atoms with Gasteiger partial charge in [-0.1, -0.05) is 81.3 Å². The first-order chi connectivity index (χ1) is 22.1. The van der Waals surface area contributed by atoms with Gasteiger partial charge >= 0.3 is 13.3 Å². The number of rotatable bonds is 8. The number of hydrogen-bond acceptors (Lipinski definition) is 7. The van der Waals surface area contributed by atoms with Crippen molar-refractivity contribution in [1.82, 2.24) is 15.2 Å². The van der Waals surface area contributed by atoms with Crippen LogP contribution >= 0.6 is 30.3 Å². The third kappa shape index (κ3) is 7.62. The number of thiazole rings is 1. The van der Waals surface area contributed by atoms with Gasteiger partial charge in [0.2, 0.25) is 11.8 Å². The molecule has 3 heterocycles. The Morgan fingerprint density at radius 1 is 1.02 bits per heavy atom. The molecule has 2 aromatic heterocycles. The second-order valence-electron chi connectivity index (χ2n) is 12.5. The van der Waals surface area contributed by atoms with Gasteiger partial charge in [0.05, 0.1) is 9.75 Å². The fourth-order valence-corrected chi connectivity index (χ4v) is 7.67. The van der Waals surface area contributed by atoms with Crippen LogP contribution in [0.2, 0.25) is 0 Å². The predicted molar refractivity (Wildman–Crippen MR) is 179 cm³/mol. The Morgan fingerprint density at radius 3 is 2.43 bits per heavy atom. The largest absolute Gasteiger partial charge is 0.399 e. The summed E-state index contributed by atoms with van der Waals surface area (Å²) in [6, 6.07) is 12.3. The van der Waals surface area contributed by atoms with Crippen molar-refractivity contribution in [2.75, 3.05) is 11.9 Å². The van der Waals surface area contributed by atoms with Gasteiger partial charge in [-0.15, -0.1) is 11.3 Å². The Balaban J connectivity index is 1.35. The summed E-state index contributed by atoms with van der Waals surface area (Å²) in [4.78, 5) is 66.5. The third-order valence-corrected chi connectivity index (χ3v) is 11.0. The molecule has 3 amide bonds. The number of carbonyl (C=O) groups is 3. The van der Waals surface area contributed by atoms with E-state index in [2.05, 4.69) is 15.6 Å². The number of nitrogens with zero attached hydrogens (tertiary/aromatic N) is 2. The maximum Gasteiger partial charge on any atom is 0.399 e. The number of alkyl halides is 2. The lowest BCUT2D eigenvalue weighted by Crippen LogP contribution is -2.58. The molecular formula is C32H35F2N4O6PS2. The van der Waals surface area contributed by atoms with Gasteiger partial charge in [0.15, 0.2) is 5.13 Å². The van der Waals surface area contributed by atoms with Gasteiger partial charge in [-0.05, 0) is 47.4 Å². The van der Waals surface area contributed by atoms with Crippen LogP contribution in [0.25, 0.3) is 20.5 Å². The van der Waals surface area contributed by atoms with E-state index in [0.717, 1.165) is 46.8 Å². The SMILES string of the molecule is CC(C)(C)C(NC(=O)c1cc2cc(C(F)(F)P(=O)(O)O)ccc2s1)C(=O)N1CCCCC[C@H]1C(=O)Nc1ncc(-c2ccccc2)s1. The van der Waals surface area contributed by atoms with Crippen LogP contribution in [0.15, 0.2) is 60.8 Å². The minimum atomic E-state index is -5.77. The molecule has 250 valence electrons. The summed E-state index contributed by atoms with van der Waals surface area (Å²) in [5.74, 6) is -1.39. The first-order valence-electron chi connectivity index (χ1n) is 15.0. The van der Waals surface area contributed by atoms with Gasteiger partial charge in [-0.3, -0.25) is 18.9 Å². The molecule has 1 saturated heterocycles. The van der Waals surface area contributed by atoms with Crippen LogP contribution < -0.4 is 10.6 Å². The molecule has 1 unspecified atom stereocenters. The minimum Gasteiger partial charge on any atom is -0.339 e. The highest BCUT2D eigenvalue weighted by Gasteiger charge is 2.50. The average Bonchev–Trinajstić information content (AvgIpc) is 3.58. The highest BCUT2D eigenvalue weighted by molar-refractivity contribution is 7.52. The molecule has 47 heavy (non-hydrogen) atoms. The Bertz CT molecular complexity index is 1840. The highest BCUT2D eigenvalue weighted by atomic mass is 32.1. The molecule has 1 aliphatic rings. The van der Waals surface area contributed by atoms with Gasteiger partial charge in [0, 0.05) is 23.0 Å². The van der Waals surface area contributed by atoms with E-state index in [4.69, 9.17) is 9.79 Å². The molecule has 0 radical (unpaired) electrons. The van der Waals surface area contributed by atoms with E-state index in [0.29, 0.717) is 29.2 Å². The van der Waals surface area contributed by atoms with E-state index >= 15 is 0 Å². The van der Waals surface area contributed by atoms with Crippen molar-refractivity contribution in [3.8, 4) is 10.4 Å². The number of thiophene rings is 1. The van der Waals surface area contributed by atoms with Crippen molar-refractivity contribution in [3.05, 3.63) is 71.2 Å². The zero-order valence-electron chi connectivity index (χ0n) is 25.9. The molecule has 1 fully saturated rings. The molecule has 0 spiro atoms. The van der Waals surface area contributed by atoms with Crippen LogP contribution in [0.5, 0.6) is 0 Å². The quantitative estimate of drug-likeness (QED) is 0.147. The van der Waals surface area contributed by atoms with E-state index in [1.807, 2.05) is 30.3 Å². The van der Waals surface area contributed by atoms with Crippen molar-refractivity contribution in [2.24, 2.45) is 5.41 Å². The van der Waals surface area contributed by atoms with Gasteiger partial charge in [0.1, 0.15) is 12.1 Å². The smallest absolute Gasteiger partial charge is 0.339 e. The monoisotopic (exact) mass is 704 g/mol. The second kappa shape index (κ2) is 13.5. The topological polar surface area (TPSA) is 149 Å². The molecule has 0 bridgehead atoms. The van der Waals surface area contributed by atoms with Crippen LogP contribution in [0.4, 0.5) is 13.9 Å². The number of anilines is 1. The maximum absolute atomic E-state index is 14.3. The van der Waals surface area contributed by atoms with Gasteiger partial charge in [-0.2, -0.15) is 8.78 Å². The molecular weight excluding hydrogens is 669 g/mol. The molecule has 2 atom stereocenters. The Labute approximate surface area is 278 Å². The van der Waals surface area contributed by atoms with Gasteiger partial charge < -0.3 is 25.3 Å². The van der Waals surface area contributed by atoms with Crippen LogP contribution in [-0.4, -0.2) is 56.0 Å². The molecule has 2 aromatic carbocycles. The van der Waals surface area contributed by atoms with Gasteiger partial charge in [0.25, 0.3) is 5.91 Å². The number of aromatic nitrogens is 1. The maximum atomic E-state index is 14.3. The Morgan fingerprint density at radius 2 is 1.74 bits per heavy atom. The number of likely N-dealkylation sites (tertiary alicyclic amines) is 1. The molecule has 1 aliphatic heterocycles. The summed E-state index contributed by atoms with van der Waals surface area (Å²) in [6.07, 6.45) is 4.40. The molecule has 4 N–H and O–H groups in total.